The highest BCUT2D eigenvalue weighted by atomic mass is 16.7. The fourth-order valence-electron chi connectivity index (χ4n) is 8.62. The molecule has 4 heteroatoms. The Bertz CT molecular complexity index is 2280. The van der Waals surface area contributed by atoms with Crippen molar-refractivity contribution in [2.24, 2.45) is 5.41 Å². The molecule has 0 bridgehead atoms. The van der Waals surface area contributed by atoms with E-state index in [4.69, 9.17) is 9.47 Å². The number of hydrogen-bond acceptors (Lipinski definition) is 4. The monoisotopic (exact) mass is 694 g/mol. The van der Waals surface area contributed by atoms with E-state index >= 15 is 0 Å². The van der Waals surface area contributed by atoms with Crippen LogP contribution in [0.2, 0.25) is 0 Å². The van der Waals surface area contributed by atoms with Crippen LogP contribution in [0.4, 0.5) is 0 Å². The number of fused-ring (bicyclic) bond motifs is 4. The molecule has 0 saturated carbocycles. The summed E-state index contributed by atoms with van der Waals surface area (Å²) in [7, 11) is 0. The first-order chi connectivity index (χ1) is 25.7. The number of aliphatic hydroxyl groups is 2. The quantitative estimate of drug-likeness (QED) is 0.182. The molecule has 4 nitrogen and oxygen atoms in total. The third-order valence-corrected chi connectivity index (χ3v) is 11.1. The van der Waals surface area contributed by atoms with Crippen molar-refractivity contribution in [2.75, 3.05) is 0 Å². The molecule has 1 heterocycles. The van der Waals surface area contributed by atoms with E-state index in [1.54, 1.807) is 0 Å². The van der Waals surface area contributed by atoms with E-state index in [-0.39, 0.29) is 0 Å². The summed E-state index contributed by atoms with van der Waals surface area (Å²) in [6, 6.07) is 56.6. The van der Waals surface area contributed by atoms with Gasteiger partial charge in [-0.2, -0.15) is 0 Å². The van der Waals surface area contributed by atoms with Crippen molar-refractivity contribution in [1.29, 1.82) is 0 Å². The number of rotatable bonds is 6. The van der Waals surface area contributed by atoms with E-state index < -0.39 is 35.1 Å². The summed E-state index contributed by atoms with van der Waals surface area (Å²) in [6.07, 6.45) is -2.96. The standard InChI is InChI=1S/C49H42O4/c1-47(2,3)46-52-44(48(50,40-28-12-20-32-16-4-8-24-36(32)40)41-29-13-21-33-17-5-9-25-37(33)41)45(53-46)49(51,42-30-14-22-34-18-6-10-26-38(34)42)43-31-15-23-35-19-7-11-27-39(35)43/h4-31,44-46,50-51H,1-3H3/t44-,45-/m1/s1. The topological polar surface area (TPSA) is 58.9 Å². The molecular weight excluding hydrogens is 653 g/mol. The normalized spacial score (nSPS) is 17.3. The maximum Gasteiger partial charge on any atom is 0.163 e. The van der Waals surface area contributed by atoms with Crippen molar-refractivity contribution in [2.45, 2.75) is 50.5 Å². The van der Waals surface area contributed by atoms with Gasteiger partial charge in [0.15, 0.2) is 6.29 Å². The molecule has 0 aromatic heterocycles. The fraction of sp³-hybridized carbons (Fsp3) is 0.184. The van der Waals surface area contributed by atoms with E-state index in [0.29, 0.717) is 22.3 Å². The van der Waals surface area contributed by atoms with Crippen molar-refractivity contribution in [3.05, 3.63) is 192 Å². The van der Waals surface area contributed by atoms with E-state index in [0.717, 1.165) is 43.1 Å². The third kappa shape index (κ3) is 5.28. The molecule has 1 fully saturated rings. The largest absolute Gasteiger partial charge is 0.377 e. The summed E-state index contributed by atoms with van der Waals surface area (Å²) in [5, 5.41) is 35.9. The van der Waals surface area contributed by atoms with Crippen LogP contribution in [0.5, 0.6) is 0 Å². The average Bonchev–Trinajstić information content (AvgIpc) is 3.68. The second-order valence-corrected chi connectivity index (χ2v) is 15.5. The molecule has 0 spiro atoms. The molecule has 1 aliphatic heterocycles. The second kappa shape index (κ2) is 12.6. The highest BCUT2D eigenvalue weighted by molar-refractivity contribution is 5.93. The maximum atomic E-state index is 14.2. The van der Waals surface area contributed by atoms with Gasteiger partial charge in [-0.25, -0.2) is 0 Å². The zero-order valence-electron chi connectivity index (χ0n) is 30.1. The second-order valence-electron chi connectivity index (χ2n) is 15.5. The summed E-state index contributed by atoms with van der Waals surface area (Å²) in [6.45, 7) is 6.21. The SMILES string of the molecule is CC(C)(C)C1O[C@@H](C(O)(c2cccc3ccccc23)c2cccc3ccccc23)[C@H](C(O)(c2cccc3ccccc23)c2cccc3ccccc23)O1. The molecule has 1 saturated heterocycles. The molecule has 2 N–H and O–H groups in total. The highest BCUT2D eigenvalue weighted by Gasteiger charge is 2.61. The smallest absolute Gasteiger partial charge is 0.163 e. The molecule has 53 heavy (non-hydrogen) atoms. The zero-order chi connectivity index (χ0) is 36.4. The van der Waals surface area contributed by atoms with Crippen LogP contribution in [-0.4, -0.2) is 28.7 Å². The van der Waals surface area contributed by atoms with Crippen LogP contribution in [0.3, 0.4) is 0 Å². The van der Waals surface area contributed by atoms with Crippen molar-refractivity contribution >= 4 is 43.1 Å². The van der Waals surface area contributed by atoms with E-state index in [1.165, 1.54) is 0 Å². The fourth-order valence-corrected chi connectivity index (χ4v) is 8.62. The van der Waals surface area contributed by atoms with E-state index in [2.05, 4.69) is 93.6 Å². The predicted molar refractivity (Wildman–Crippen MR) is 215 cm³/mol. The van der Waals surface area contributed by atoms with Crippen molar-refractivity contribution in [3.63, 3.8) is 0 Å². The Morgan fingerprint density at radius 1 is 0.358 bits per heavy atom. The number of ether oxygens (including phenoxy) is 2. The third-order valence-electron chi connectivity index (χ3n) is 11.1. The summed E-state index contributed by atoms with van der Waals surface area (Å²) < 4.78 is 14.4. The zero-order valence-corrected chi connectivity index (χ0v) is 30.1. The minimum atomic E-state index is -1.81. The minimum absolute atomic E-state index is 0.510. The molecule has 262 valence electrons. The summed E-state index contributed by atoms with van der Waals surface area (Å²) in [5.74, 6) is 0. The maximum absolute atomic E-state index is 14.2. The lowest BCUT2D eigenvalue weighted by atomic mass is 9.69. The van der Waals surface area contributed by atoms with Gasteiger partial charge in [0.1, 0.15) is 23.4 Å². The van der Waals surface area contributed by atoms with Crippen molar-refractivity contribution in [1.82, 2.24) is 0 Å². The predicted octanol–water partition coefficient (Wildman–Crippen LogP) is 10.6. The lowest BCUT2D eigenvalue weighted by Gasteiger charge is -2.44. The molecular formula is C49H42O4. The minimum Gasteiger partial charge on any atom is -0.377 e. The highest BCUT2D eigenvalue weighted by Crippen LogP contribution is 2.53. The van der Waals surface area contributed by atoms with Gasteiger partial charge in [0.25, 0.3) is 0 Å². The molecule has 0 amide bonds. The Kier molecular flexibility index (Phi) is 7.99. The van der Waals surface area contributed by atoms with Crippen LogP contribution in [0.25, 0.3) is 43.1 Å². The van der Waals surface area contributed by atoms with Gasteiger partial charge in [-0.1, -0.05) is 191 Å². The molecule has 0 aliphatic carbocycles. The van der Waals surface area contributed by atoms with E-state index in [1.807, 2.05) is 97.1 Å². The van der Waals surface area contributed by atoms with Gasteiger partial charge in [-0.05, 0) is 65.3 Å². The Balaban J connectivity index is 1.41. The van der Waals surface area contributed by atoms with Gasteiger partial charge >= 0.3 is 0 Å². The summed E-state index contributed by atoms with van der Waals surface area (Å²) in [4.78, 5) is 0. The van der Waals surface area contributed by atoms with E-state index in [9.17, 15) is 10.2 Å². The van der Waals surface area contributed by atoms with Crippen LogP contribution in [-0.2, 0) is 20.7 Å². The molecule has 0 radical (unpaired) electrons. The lowest BCUT2D eigenvalue weighted by molar-refractivity contribution is -0.156. The first-order valence-electron chi connectivity index (χ1n) is 18.4. The summed E-state index contributed by atoms with van der Waals surface area (Å²) in [5.41, 5.74) is -1.41. The van der Waals surface area contributed by atoms with Crippen molar-refractivity contribution in [3.8, 4) is 0 Å². The first kappa shape index (κ1) is 33.5. The average molecular weight is 695 g/mol. The van der Waals surface area contributed by atoms with Gasteiger partial charge in [0.2, 0.25) is 0 Å². The van der Waals surface area contributed by atoms with Gasteiger partial charge in [-0.3, -0.25) is 0 Å². The lowest BCUT2D eigenvalue weighted by Crippen LogP contribution is -2.55. The molecule has 0 unspecified atom stereocenters. The van der Waals surface area contributed by atoms with Crippen molar-refractivity contribution < 1.29 is 19.7 Å². The van der Waals surface area contributed by atoms with Crippen LogP contribution in [0.1, 0.15) is 43.0 Å². The molecule has 9 rings (SSSR count). The van der Waals surface area contributed by atoms with Gasteiger partial charge in [-0.15, -0.1) is 0 Å². The Morgan fingerprint density at radius 3 is 0.868 bits per heavy atom. The molecule has 8 aromatic carbocycles. The van der Waals surface area contributed by atoms with Crippen LogP contribution in [0, 0.1) is 5.41 Å². The first-order valence-corrected chi connectivity index (χ1v) is 18.4. The molecule has 2 atom stereocenters. The van der Waals surface area contributed by atoms with Gasteiger partial charge in [0, 0.05) is 5.41 Å². The Labute approximate surface area is 309 Å². The number of benzene rings is 8. The molecule has 8 aromatic rings. The Morgan fingerprint density at radius 2 is 0.604 bits per heavy atom. The van der Waals surface area contributed by atoms with Crippen LogP contribution in [0.15, 0.2) is 170 Å². The van der Waals surface area contributed by atoms with Crippen LogP contribution >= 0.6 is 0 Å². The van der Waals surface area contributed by atoms with Gasteiger partial charge < -0.3 is 19.7 Å². The number of hydrogen-bond donors (Lipinski definition) is 2. The Hall–Kier alpha value is -5.36. The van der Waals surface area contributed by atoms with Gasteiger partial charge in [0.05, 0.1) is 0 Å². The molecule has 1 aliphatic rings. The van der Waals surface area contributed by atoms with Crippen LogP contribution < -0.4 is 0 Å². The summed E-state index contributed by atoms with van der Waals surface area (Å²) >= 11 is 0.